The zero-order valence-corrected chi connectivity index (χ0v) is 12.7. The van der Waals surface area contributed by atoms with Crippen LogP contribution >= 0.6 is 11.3 Å². The van der Waals surface area contributed by atoms with E-state index in [4.69, 9.17) is 10.7 Å². The minimum atomic E-state index is 0.324. The summed E-state index contributed by atoms with van der Waals surface area (Å²) in [6, 6.07) is 0. The fourth-order valence-electron chi connectivity index (χ4n) is 3.41. The fourth-order valence-corrected chi connectivity index (χ4v) is 4.39. The maximum atomic E-state index is 5.87. The highest BCUT2D eigenvalue weighted by atomic mass is 32.1. The molecule has 0 radical (unpaired) electrons. The van der Waals surface area contributed by atoms with Crippen LogP contribution in [0, 0.1) is 5.41 Å². The third-order valence-electron chi connectivity index (χ3n) is 4.79. The second-order valence-electron chi connectivity index (χ2n) is 6.63. The highest BCUT2D eigenvalue weighted by Crippen LogP contribution is 2.36. The topological polar surface area (TPSA) is 42.1 Å². The van der Waals surface area contributed by atoms with Gasteiger partial charge in [0.05, 0.1) is 10.7 Å². The van der Waals surface area contributed by atoms with Gasteiger partial charge in [0.15, 0.2) is 0 Å². The summed E-state index contributed by atoms with van der Waals surface area (Å²) in [5.74, 6) is 0.756. The second kappa shape index (κ2) is 5.51. The van der Waals surface area contributed by atoms with E-state index < -0.39 is 0 Å². The molecule has 1 aromatic heterocycles. The molecule has 3 rings (SSSR count). The summed E-state index contributed by atoms with van der Waals surface area (Å²) in [5.41, 5.74) is 7.47. The van der Waals surface area contributed by atoms with Crippen LogP contribution in [-0.2, 0) is 6.54 Å². The van der Waals surface area contributed by atoms with Crippen LogP contribution in [-0.4, -0.2) is 29.5 Å². The highest BCUT2D eigenvalue weighted by molar-refractivity contribution is 7.09. The Morgan fingerprint density at radius 1 is 1.47 bits per heavy atom. The molecule has 0 aromatic carbocycles. The highest BCUT2D eigenvalue weighted by Gasteiger charge is 2.32. The minimum Gasteiger partial charge on any atom is -0.330 e. The van der Waals surface area contributed by atoms with Crippen molar-refractivity contribution in [2.45, 2.75) is 51.5 Å². The zero-order chi connectivity index (χ0) is 13.3. The summed E-state index contributed by atoms with van der Waals surface area (Å²) in [6.07, 6.45) is 6.70. The molecule has 1 aliphatic heterocycles. The van der Waals surface area contributed by atoms with Gasteiger partial charge in [0.2, 0.25) is 0 Å². The first-order chi connectivity index (χ1) is 9.18. The van der Waals surface area contributed by atoms with Crippen molar-refractivity contribution in [1.82, 2.24) is 9.88 Å². The van der Waals surface area contributed by atoms with Crippen molar-refractivity contribution in [2.75, 3.05) is 19.6 Å². The SMILES string of the molecule is CC1(CN)CCN(Cc2csc(C3CCCC3)n2)C1. The van der Waals surface area contributed by atoms with E-state index in [-0.39, 0.29) is 0 Å². The summed E-state index contributed by atoms with van der Waals surface area (Å²) in [4.78, 5) is 7.39. The molecule has 1 aromatic rings. The van der Waals surface area contributed by atoms with Crippen molar-refractivity contribution in [3.05, 3.63) is 16.1 Å². The van der Waals surface area contributed by atoms with Gasteiger partial charge in [0.25, 0.3) is 0 Å². The number of likely N-dealkylation sites (tertiary alicyclic amines) is 1. The first-order valence-electron chi connectivity index (χ1n) is 7.55. The number of hydrogen-bond acceptors (Lipinski definition) is 4. The average Bonchev–Trinajstić information content (AvgIpc) is 3.11. The normalized spacial score (nSPS) is 29.4. The van der Waals surface area contributed by atoms with Crippen molar-refractivity contribution in [2.24, 2.45) is 11.1 Å². The largest absolute Gasteiger partial charge is 0.330 e. The standard InChI is InChI=1S/C15H25N3S/c1-15(10-16)6-7-18(11-15)8-13-9-19-14(17-13)12-4-2-3-5-12/h9,12H,2-8,10-11,16H2,1H3. The van der Waals surface area contributed by atoms with Crippen LogP contribution in [0.4, 0.5) is 0 Å². The Labute approximate surface area is 120 Å². The molecule has 3 nitrogen and oxygen atoms in total. The number of hydrogen-bond donors (Lipinski definition) is 1. The van der Waals surface area contributed by atoms with Gasteiger partial charge in [-0.15, -0.1) is 11.3 Å². The van der Waals surface area contributed by atoms with E-state index in [0.29, 0.717) is 5.41 Å². The number of nitrogens with two attached hydrogens (primary N) is 1. The Morgan fingerprint density at radius 3 is 2.95 bits per heavy atom. The van der Waals surface area contributed by atoms with Crippen LogP contribution in [0.15, 0.2) is 5.38 Å². The fraction of sp³-hybridized carbons (Fsp3) is 0.800. The van der Waals surface area contributed by atoms with Crippen LogP contribution in [0.5, 0.6) is 0 Å². The third-order valence-corrected chi connectivity index (χ3v) is 5.85. The van der Waals surface area contributed by atoms with E-state index in [1.807, 2.05) is 11.3 Å². The second-order valence-corrected chi connectivity index (χ2v) is 7.52. The molecule has 0 amide bonds. The Kier molecular flexibility index (Phi) is 3.92. The molecular formula is C15H25N3S. The summed E-state index contributed by atoms with van der Waals surface area (Å²) >= 11 is 1.87. The van der Waals surface area contributed by atoms with Gasteiger partial charge in [0, 0.05) is 24.4 Å². The van der Waals surface area contributed by atoms with E-state index >= 15 is 0 Å². The van der Waals surface area contributed by atoms with Gasteiger partial charge in [-0.2, -0.15) is 0 Å². The van der Waals surface area contributed by atoms with Crippen LogP contribution in [0.1, 0.15) is 55.6 Å². The van der Waals surface area contributed by atoms with Gasteiger partial charge in [0.1, 0.15) is 0 Å². The Bertz CT molecular complexity index is 425. The molecule has 2 fully saturated rings. The number of nitrogens with zero attached hydrogens (tertiary/aromatic N) is 2. The Balaban J connectivity index is 1.58. The monoisotopic (exact) mass is 279 g/mol. The molecular weight excluding hydrogens is 254 g/mol. The summed E-state index contributed by atoms with van der Waals surface area (Å²) in [6.45, 7) is 6.41. The summed E-state index contributed by atoms with van der Waals surface area (Å²) < 4.78 is 0. The van der Waals surface area contributed by atoms with E-state index in [9.17, 15) is 0 Å². The molecule has 2 N–H and O–H groups in total. The summed E-state index contributed by atoms with van der Waals surface area (Å²) in [5, 5.41) is 3.65. The Morgan fingerprint density at radius 2 is 2.26 bits per heavy atom. The molecule has 1 atom stereocenters. The zero-order valence-electron chi connectivity index (χ0n) is 11.9. The third kappa shape index (κ3) is 3.01. The lowest BCUT2D eigenvalue weighted by atomic mass is 9.90. The van der Waals surface area contributed by atoms with Gasteiger partial charge in [-0.25, -0.2) is 4.98 Å². The van der Waals surface area contributed by atoms with Gasteiger partial charge in [-0.05, 0) is 37.8 Å². The molecule has 2 aliphatic rings. The maximum Gasteiger partial charge on any atom is 0.0959 e. The summed E-state index contributed by atoms with van der Waals surface area (Å²) in [7, 11) is 0. The van der Waals surface area contributed by atoms with Gasteiger partial charge in [-0.1, -0.05) is 19.8 Å². The van der Waals surface area contributed by atoms with Gasteiger partial charge < -0.3 is 5.73 Å². The molecule has 4 heteroatoms. The predicted molar refractivity (Wildman–Crippen MR) is 80.4 cm³/mol. The molecule has 0 bridgehead atoms. The first-order valence-corrected chi connectivity index (χ1v) is 8.43. The van der Waals surface area contributed by atoms with Crippen LogP contribution in [0.2, 0.25) is 0 Å². The smallest absolute Gasteiger partial charge is 0.0959 e. The van der Waals surface area contributed by atoms with Crippen LogP contribution in [0.3, 0.4) is 0 Å². The van der Waals surface area contributed by atoms with Crippen LogP contribution < -0.4 is 5.73 Å². The lowest BCUT2D eigenvalue weighted by Crippen LogP contribution is -2.31. The lowest BCUT2D eigenvalue weighted by molar-refractivity contribution is 0.272. The molecule has 1 saturated carbocycles. The van der Waals surface area contributed by atoms with Crippen LogP contribution in [0.25, 0.3) is 0 Å². The van der Waals surface area contributed by atoms with Crippen molar-refractivity contribution in [1.29, 1.82) is 0 Å². The maximum absolute atomic E-state index is 5.87. The van der Waals surface area contributed by atoms with Crippen molar-refractivity contribution in [3.63, 3.8) is 0 Å². The van der Waals surface area contributed by atoms with E-state index in [1.165, 1.54) is 49.4 Å². The van der Waals surface area contributed by atoms with E-state index in [2.05, 4.69) is 17.2 Å². The van der Waals surface area contributed by atoms with Crippen molar-refractivity contribution >= 4 is 11.3 Å². The molecule has 1 unspecified atom stereocenters. The molecule has 1 aliphatic carbocycles. The molecule has 19 heavy (non-hydrogen) atoms. The minimum absolute atomic E-state index is 0.324. The van der Waals surface area contributed by atoms with Crippen molar-refractivity contribution in [3.8, 4) is 0 Å². The first kappa shape index (κ1) is 13.5. The number of rotatable bonds is 4. The van der Waals surface area contributed by atoms with Crippen molar-refractivity contribution < 1.29 is 0 Å². The average molecular weight is 279 g/mol. The van der Waals surface area contributed by atoms with E-state index in [0.717, 1.165) is 25.6 Å². The molecule has 2 heterocycles. The molecule has 106 valence electrons. The number of thiazole rings is 1. The quantitative estimate of drug-likeness (QED) is 0.921. The lowest BCUT2D eigenvalue weighted by Gasteiger charge is -2.22. The molecule has 1 saturated heterocycles. The predicted octanol–water partition coefficient (Wildman–Crippen LogP) is 2.97. The van der Waals surface area contributed by atoms with Gasteiger partial charge >= 0.3 is 0 Å². The molecule has 0 spiro atoms. The number of aromatic nitrogens is 1. The van der Waals surface area contributed by atoms with E-state index in [1.54, 1.807) is 0 Å². The Hall–Kier alpha value is -0.450. The van der Waals surface area contributed by atoms with Gasteiger partial charge in [-0.3, -0.25) is 4.90 Å².